The van der Waals surface area contributed by atoms with E-state index in [0.29, 0.717) is 23.6 Å². The van der Waals surface area contributed by atoms with Gasteiger partial charge in [0, 0.05) is 23.7 Å². The van der Waals surface area contributed by atoms with Crippen molar-refractivity contribution in [1.29, 1.82) is 0 Å². The number of carbonyl (C=O) groups is 1. The highest BCUT2D eigenvalue weighted by atomic mass is 16.5. The van der Waals surface area contributed by atoms with Gasteiger partial charge < -0.3 is 15.8 Å². The molecule has 0 unspecified atom stereocenters. The van der Waals surface area contributed by atoms with Crippen molar-refractivity contribution in [1.82, 2.24) is 15.3 Å². The van der Waals surface area contributed by atoms with Gasteiger partial charge in [0.1, 0.15) is 17.3 Å². The molecule has 2 heterocycles. The van der Waals surface area contributed by atoms with Crippen LogP contribution in [0.3, 0.4) is 0 Å². The first kappa shape index (κ1) is 14.8. The number of para-hydroxylation sites is 1. The molecule has 0 aliphatic rings. The Morgan fingerprint density at radius 1 is 1.22 bits per heavy atom. The Kier molecular flexibility index (Phi) is 4.05. The molecular weight excluding hydrogens is 292 g/mol. The van der Waals surface area contributed by atoms with Crippen LogP contribution in [0.4, 0.5) is 5.82 Å². The van der Waals surface area contributed by atoms with Gasteiger partial charge in [-0.2, -0.15) is 0 Å². The van der Waals surface area contributed by atoms with Crippen molar-refractivity contribution in [2.24, 2.45) is 0 Å². The Morgan fingerprint density at radius 2 is 2.04 bits per heavy atom. The van der Waals surface area contributed by atoms with Crippen LogP contribution in [0.2, 0.25) is 0 Å². The topological polar surface area (TPSA) is 90.1 Å². The molecule has 0 aliphatic carbocycles. The summed E-state index contributed by atoms with van der Waals surface area (Å²) in [6.07, 6.45) is 1.57. The molecule has 3 N–H and O–H groups in total. The molecular formula is C17H16N4O2. The maximum absolute atomic E-state index is 12.3. The summed E-state index contributed by atoms with van der Waals surface area (Å²) >= 11 is 0. The molecule has 3 rings (SSSR count). The number of fused-ring (bicyclic) bond motifs is 1. The molecule has 1 aromatic carbocycles. The highest BCUT2D eigenvalue weighted by molar-refractivity contribution is 5.96. The van der Waals surface area contributed by atoms with Crippen molar-refractivity contribution in [3.8, 4) is 5.75 Å². The minimum atomic E-state index is -0.256. The Bertz CT molecular complexity index is 864. The van der Waals surface area contributed by atoms with E-state index in [4.69, 9.17) is 10.5 Å². The number of pyridine rings is 2. The molecule has 0 aliphatic heterocycles. The average Bonchev–Trinajstić information content (AvgIpc) is 2.59. The van der Waals surface area contributed by atoms with Crippen LogP contribution < -0.4 is 15.8 Å². The summed E-state index contributed by atoms with van der Waals surface area (Å²) in [4.78, 5) is 20.6. The monoisotopic (exact) mass is 308 g/mol. The van der Waals surface area contributed by atoms with Crippen LogP contribution in [0, 0.1) is 0 Å². The summed E-state index contributed by atoms with van der Waals surface area (Å²) in [5.74, 6) is 0.877. The van der Waals surface area contributed by atoms with Crippen molar-refractivity contribution in [3.63, 3.8) is 0 Å². The van der Waals surface area contributed by atoms with E-state index in [1.807, 2.05) is 24.3 Å². The van der Waals surface area contributed by atoms with Crippen molar-refractivity contribution >= 4 is 22.6 Å². The fourth-order valence-corrected chi connectivity index (χ4v) is 2.32. The second-order valence-corrected chi connectivity index (χ2v) is 4.95. The third-order valence-electron chi connectivity index (χ3n) is 3.51. The van der Waals surface area contributed by atoms with Crippen LogP contribution in [-0.4, -0.2) is 23.0 Å². The number of nitrogens with zero attached hydrogens (tertiary/aromatic N) is 2. The molecule has 3 aromatic rings. The SMILES string of the molecule is COc1ccccc1CNC(=O)c1ccc2c(N)nccc2n1. The molecule has 0 atom stereocenters. The number of benzene rings is 1. The number of hydrogen-bond donors (Lipinski definition) is 2. The number of carbonyl (C=O) groups excluding carboxylic acids is 1. The fourth-order valence-electron chi connectivity index (χ4n) is 2.32. The molecule has 0 saturated carbocycles. The average molecular weight is 308 g/mol. The normalized spacial score (nSPS) is 10.5. The van der Waals surface area contributed by atoms with E-state index in [-0.39, 0.29) is 5.91 Å². The van der Waals surface area contributed by atoms with E-state index < -0.39 is 0 Å². The van der Waals surface area contributed by atoms with Crippen LogP contribution in [0.15, 0.2) is 48.7 Å². The first-order valence-electron chi connectivity index (χ1n) is 7.10. The maximum Gasteiger partial charge on any atom is 0.270 e. The summed E-state index contributed by atoms with van der Waals surface area (Å²) < 4.78 is 5.27. The quantitative estimate of drug-likeness (QED) is 0.770. The first-order valence-corrected chi connectivity index (χ1v) is 7.10. The van der Waals surface area contributed by atoms with Crippen LogP contribution >= 0.6 is 0 Å². The molecule has 0 bridgehead atoms. The van der Waals surface area contributed by atoms with Crippen LogP contribution in [0.1, 0.15) is 16.1 Å². The predicted octanol–water partition coefficient (Wildman–Crippen LogP) is 2.15. The molecule has 1 amide bonds. The van der Waals surface area contributed by atoms with Gasteiger partial charge in [-0.25, -0.2) is 9.97 Å². The van der Waals surface area contributed by atoms with Gasteiger partial charge in [-0.3, -0.25) is 4.79 Å². The highest BCUT2D eigenvalue weighted by Crippen LogP contribution is 2.18. The van der Waals surface area contributed by atoms with E-state index in [0.717, 1.165) is 16.7 Å². The largest absolute Gasteiger partial charge is 0.496 e. The molecule has 6 heteroatoms. The summed E-state index contributed by atoms with van der Waals surface area (Å²) in [5, 5.41) is 3.57. The zero-order valence-electron chi connectivity index (χ0n) is 12.6. The Balaban J connectivity index is 1.78. The maximum atomic E-state index is 12.3. The molecule has 0 radical (unpaired) electrons. The standard InChI is InChI=1S/C17H16N4O2/c1-23-15-5-3-2-4-11(15)10-20-17(22)14-7-6-12-13(21-14)8-9-19-16(12)18/h2-9H,10H2,1H3,(H2,18,19)(H,20,22). The number of ether oxygens (including phenoxy) is 1. The third kappa shape index (κ3) is 3.06. The summed E-state index contributed by atoms with van der Waals surface area (Å²) in [6.45, 7) is 0.362. The van der Waals surface area contributed by atoms with E-state index in [9.17, 15) is 4.79 Å². The lowest BCUT2D eigenvalue weighted by Crippen LogP contribution is -2.24. The first-order chi connectivity index (χ1) is 11.2. The predicted molar refractivity (Wildman–Crippen MR) is 88.1 cm³/mol. The number of rotatable bonds is 4. The minimum Gasteiger partial charge on any atom is -0.496 e. The molecule has 0 saturated heterocycles. The third-order valence-corrected chi connectivity index (χ3v) is 3.51. The van der Waals surface area contributed by atoms with Crippen LogP contribution in [-0.2, 0) is 6.54 Å². The number of methoxy groups -OCH3 is 1. The minimum absolute atomic E-state index is 0.256. The number of nitrogen functional groups attached to an aromatic ring is 1. The number of hydrogen-bond acceptors (Lipinski definition) is 5. The summed E-state index contributed by atoms with van der Waals surface area (Å²) in [5.41, 5.74) is 7.66. The molecule has 0 spiro atoms. The van der Waals surface area contributed by atoms with Crippen LogP contribution in [0.25, 0.3) is 10.9 Å². The van der Waals surface area contributed by atoms with E-state index in [2.05, 4.69) is 15.3 Å². The highest BCUT2D eigenvalue weighted by Gasteiger charge is 2.10. The molecule has 6 nitrogen and oxygen atoms in total. The van der Waals surface area contributed by atoms with Gasteiger partial charge in [0.15, 0.2) is 0 Å². The van der Waals surface area contributed by atoms with Gasteiger partial charge >= 0.3 is 0 Å². The lowest BCUT2D eigenvalue weighted by Gasteiger charge is -2.09. The number of nitrogens with two attached hydrogens (primary N) is 1. The fraction of sp³-hybridized carbons (Fsp3) is 0.118. The van der Waals surface area contributed by atoms with Gasteiger partial charge in [-0.15, -0.1) is 0 Å². The summed E-state index contributed by atoms with van der Waals surface area (Å²) in [6, 6.07) is 12.6. The molecule has 0 fully saturated rings. The van der Waals surface area contributed by atoms with E-state index in [1.54, 1.807) is 31.5 Å². The smallest absolute Gasteiger partial charge is 0.270 e. The van der Waals surface area contributed by atoms with Gasteiger partial charge in [-0.1, -0.05) is 18.2 Å². The van der Waals surface area contributed by atoms with Gasteiger partial charge in [0.2, 0.25) is 0 Å². The summed E-state index contributed by atoms with van der Waals surface area (Å²) in [7, 11) is 1.60. The Morgan fingerprint density at radius 3 is 2.87 bits per heavy atom. The molecule has 23 heavy (non-hydrogen) atoms. The zero-order valence-corrected chi connectivity index (χ0v) is 12.6. The van der Waals surface area contributed by atoms with Crippen molar-refractivity contribution < 1.29 is 9.53 Å². The van der Waals surface area contributed by atoms with E-state index in [1.165, 1.54) is 0 Å². The lowest BCUT2D eigenvalue weighted by atomic mass is 10.2. The zero-order chi connectivity index (χ0) is 16.2. The molecule has 2 aromatic heterocycles. The Hall–Kier alpha value is -3.15. The Labute approximate surface area is 133 Å². The number of nitrogens with one attached hydrogen (secondary N) is 1. The van der Waals surface area contributed by atoms with Gasteiger partial charge in [0.05, 0.1) is 12.6 Å². The number of amides is 1. The van der Waals surface area contributed by atoms with Crippen molar-refractivity contribution in [2.45, 2.75) is 6.54 Å². The van der Waals surface area contributed by atoms with Crippen molar-refractivity contribution in [2.75, 3.05) is 12.8 Å². The second kappa shape index (κ2) is 6.31. The van der Waals surface area contributed by atoms with Crippen LogP contribution in [0.5, 0.6) is 5.75 Å². The number of anilines is 1. The second-order valence-electron chi connectivity index (χ2n) is 4.95. The van der Waals surface area contributed by atoms with Crippen molar-refractivity contribution in [3.05, 3.63) is 59.9 Å². The van der Waals surface area contributed by atoms with Gasteiger partial charge in [-0.05, 0) is 24.3 Å². The molecule has 116 valence electrons. The lowest BCUT2D eigenvalue weighted by molar-refractivity contribution is 0.0946. The van der Waals surface area contributed by atoms with Gasteiger partial charge in [0.25, 0.3) is 5.91 Å². The number of aromatic nitrogens is 2. The van der Waals surface area contributed by atoms with E-state index >= 15 is 0 Å².